The van der Waals surface area contributed by atoms with Crippen LogP contribution in [0.25, 0.3) is 0 Å². The van der Waals surface area contributed by atoms with Gasteiger partial charge in [-0.05, 0) is 36.9 Å². The van der Waals surface area contributed by atoms with Gasteiger partial charge in [0.05, 0.1) is 0 Å². The molecule has 2 atom stereocenters. The molecule has 3 heterocycles. The molecular weight excluding hydrogens is 220 g/mol. The van der Waals surface area contributed by atoms with Gasteiger partial charge in [0, 0.05) is 37.3 Å². The molecule has 3 aliphatic rings. The van der Waals surface area contributed by atoms with E-state index in [1.165, 1.54) is 45.4 Å². The number of nitrogens with zero attached hydrogens (tertiary/aromatic N) is 2. The zero-order valence-corrected chi connectivity index (χ0v) is 11.2. The number of rotatable bonds is 1. The summed E-state index contributed by atoms with van der Waals surface area (Å²) in [4.78, 5) is 5.37. The average Bonchev–Trinajstić information content (AvgIpc) is 2.76. The number of likely N-dealkylation sites (tertiary alicyclic amines) is 1. The normalized spacial score (nSPS) is 30.2. The molecule has 2 nitrogen and oxygen atoms in total. The van der Waals surface area contributed by atoms with E-state index in [1.807, 2.05) is 0 Å². The van der Waals surface area contributed by atoms with E-state index < -0.39 is 0 Å². The standard InChI is InChI=1S/C16H22N2/c1-2-17-10-8-15-14(11-17)13-7-3-5-12-6-4-9-18(15)16(12)13/h3,5,7,14-15H,2,4,6,8-11H2,1H3. The van der Waals surface area contributed by atoms with Gasteiger partial charge in [0.15, 0.2) is 0 Å². The molecule has 1 aromatic carbocycles. The molecule has 0 N–H and O–H groups in total. The number of aryl methyl sites for hydroxylation is 1. The first-order valence-corrected chi connectivity index (χ1v) is 7.49. The minimum absolute atomic E-state index is 0.770. The maximum absolute atomic E-state index is 2.74. The molecule has 96 valence electrons. The number of anilines is 1. The van der Waals surface area contributed by atoms with Crippen LogP contribution in [0.1, 0.15) is 36.8 Å². The van der Waals surface area contributed by atoms with E-state index in [0.29, 0.717) is 0 Å². The molecule has 2 heteroatoms. The second-order valence-corrected chi connectivity index (χ2v) is 6.01. The van der Waals surface area contributed by atoms with Crippen LogP contribution in [-0.4, -0.2) is 37.1 Å². The van der Waals surface area contributed by atoms with Crippen LogP contribution in [0, 0.1) is 0 Å². The van der Waals surface area contributed by atoms with Crippen molar-refractivity contribution >= 4 is 5.69 Å². The molecule has 0 radical (unpaired) electrons. The fourth-order valence-corrected chi connectivity index (χ4v) is 4.32. The summed E-state index contributed by atoms with van der Waals surface area (Å²) in [5.74, 6) is 0.770. The van der Waals surface area contributed by atoms with Crippen molar-refractivity contribution in [2.75, 3.05) is 31.1 Å². The van der Waals surface area contributed by atoms with Crippen LogP contribution < -0.4 is 4.90 Å². The van der Waals surface area contributed by atoms with Crippen molar-refractivity contribution in [2.24, 2.45) is 0 Å². The summed E-state index contributed by atoms with van der Waals surface area (Å²) in [5.41, 5.74) is 4.88. The minimum Gasteiger partial charge on any atom is -0.367 e. The van der Waals surface area contributed by atoms with Gasteiger partial charge in [-0.2, -0.15) is 0 Å². The quantitative estimate of drug-likeness (QED) is 0.747. The van der Waals surface area contributed by atoms with Crippen LogP contribution >= 0.6 is 0 Å². The van der Waals surface area contributed by atoms with Crippen LogP contribution in [-0.2, 0) is 6.42 Å². The number of fused-ring (bicyclic) bond motifs is 3. The van der Waals surface area contributed by atoms with Crippen molar-refractivity contribution in [3.8, 4) is 0 Å². The van der Waals surface area contributed by atoms with Gasteiger partial charge in [0.1, 0.15) is 0 Å². The average molecular weight is 242 g/mol. The van der Waals surface area contributed by atoms with Gasteiger partial charge in [0.2, 0.25) is 0 Å². The van der Waals surface area contributed by atoms with Crippen LogP contribution in [0.15, 0.2) is 18.2 Å². The molecule has 1 saturated heterocycles. The minimum atomic E-state index is 0.770. The lowest BCUT2D eigenvalue weighted by atomic mass is 9.89. The fourth-order valence-electron chi connectivity index (χ4n) is 4.32. The third kappa shape index (κ3) is 1.38. The predicted molar refractivity (Wildman–Crippen MR) is 75.4 cm³/mol. The van der Waals surface area contributed by atoms with Crippen molar-refractivity contribution < 1.29 is 0 Å². The van der Waals surface area contributed by atoms with E-state index in [9.17, 15) is 0 Å². The summed E-state index contributed by atoms with van der Waals surface area (Å²) >= 11 is 0. The third-order valence-corrected chi connectivity index (χ3v) is 5.19. The Balaban J connectivity index is 1.78. The third-order valence-electron chi connectivity index (χ3n) is 5.19. The molecule has 0 bridgehead atoms. The monoisotopic (exact) mass is 242 g/mol. The highest BCUT2D eigenvalue weighted by Gasteiger charge is 2.43. The second-order valence-electron chi connectivity index (χ2n) is 6.01. The molecule has 3 aliphatic heterocycles. The summed E-state index contributed by atoms with van der Waals surface area (Å²) in [5, 5.41) is 0. The smallest absolute Gasteiger partial charge is 0.0438 e. The number of hydrogen-bond donors (Lipinski definition) is 0. The highest BCUT2D eigenvalue weighted by molar-refractivity contribution is 5.68. The number of benzene rings is 1. The molecule has 2 unspecified atom stereocenters. The van der Waals surface area contributed by atoms with E-state index in [-0.39, 0.29) is 0 Å². The van der Waals surface area contributed by atoms with E-state index in [2.05, 4.69) is 34.9 Å². The first kappa shape index (κ1) is 10.9. The van der Waals surface area contributed by atoms with Crippen LogP contribution in [0.3, 0.4) is 0 Å². The lowest BCUT2D eigenvalue weighted by Crippen LogP contribution is -2.47. The van der Waals surface area contributed by atoms with Crippen LogP contribution in [0.5, 0.6) is 0 Å². The summed E-state index contributed by atoms with van der Waals surface area (Å²) < 4.78 is 0. The van der Waals surface area contributed by atoms with Crippen LogP contribution in [0.2, 0.25) is 0 Å². The van der Waals surface area contributed by atoms with Gasteiger partial charge in [-0.1, -0.05) is 25.1 Å². The molecule has 1 aromatic rings. The molecule has 18 heavy (non-hydrogen) atoms. The zero-order valence-electron chi connectivity index (χ0n) is 11.2. The molecule has 0 amide bonds. The van der Waals surface area contributed by atoms with Crippen molar-refractivity contribution in [2.45, 2.75) is 38.1 Å². The first-order valence-electron chi connectivity index (χ1n) is 7.49. The predicted octanol–water partition coefficient (Wildman–Crippen LogP) is 2.63. The number of piperidine rings is 1. The molecule has 4 rings (SSSR count). The maximum atomic E-state index is 2.74. The topological polar surface area (TPSA) is 6.48 Å². The van der Waals surface area contributed by atoms with Gasteiger partial charge in [0.25, 0.3) is 0 Å². The highest BCUT2D eigenvalue weighted by Crippen LogP contribution is 2.48. The Kier molecular flexibility index (Phi) is 2.41. The van der Waals surface area contributed by atoms with Gasteiger partial charge in [-0.25, -0.2) is 0 Å². The maximum Gasteiger partial charge on any atom is 0.0438 e. The lowest BCUT2D eigenvalue weighted by Gasteiger charge is -2.39. The van der Waals surface area contributed by atoms with Gasteiger partial charge >= 0.3 is 0 Å². The number of likely N-dealkylation sites (N-methyl/N-ethyl adjacent to an activating group) is 1. The second kappa shape index (κ2) is 3.99. The molecule has 0 aliphatic carbocycles. The molecular formula is C16H22N2. The first-order chi connectivity index (χ1) is 8.88. The molecule has 0 aromatic heterocycles. The van der Waals surface area contributed by atoms with E-state index in [4.69, 9.17) is 0 Å². The van der Waals surface area contributed by atoms with Gasteiger partial charge in [-0.15, -0.1) is 0 Å². The van der Waals surface area contributed by atoms with Gasteiger partial charge in [-0.3, -0.25) is 0 Å². The SMILES string of the molecule is CCN1CCC2C(C1)c1cccc3c1N2CCC3. The fraction of sp³-hybridized carbons (Fsp3) is 0.625. The van der Waals surface area contributed by atoms with Crippen molar-refractivity contribution in [1.29, 1.82) is 0 Å². The van der Waals surface area contributed by atoms with Crippen molar-refractivity contribution in [3.05, 3.63) is 29.3 Å². The Morgan fingerprint density at radius 1 is 1.28 bits per heavy atom. The highest BCUT2D eigenvalue weighted by atomic mass is 15.2. The Morgan fingerprint density at radius 2 is 2.22 bits per heavy atom. The van der Waals surface area contributed by atoms with E-state index >= 15 is 0 Å². The summed E-state index contributed by atoms with van der Waals surface area (Å²) in [6.45, 7) is 7.35. The van der Waals surface area contributed by atoms with Crippen LogP contribution in [0.4, 0.5) is 5.69 Å². The number of para-hydroxylation sites is 1. The summed E-state index contributed by atoms with van der Waals surface area (Å²) in [6, 6.07) is 7.82. The lowest BCUT2D eigenvalue weighted by molar-refractivity contribution is 0.202. The van der Waals surface area contributed by atoms with Crippen molar-refractivity contribution in [1.82, 2.24) is 4.90 Å². The molecule has 0 saturated carbocycles. The Labute approximate surface area is 110 Å². The summed E-state index contributed by atoms with van der Waals surface area (Å²) in [7, 11) is 0. The molecule has 1 fully saturated rings. The van der Waals surface area contributed by atoms with Gasteiger partial charge < -0.3 is 9.80 Å². The summed E-state index contributed by atoms with van der Waals surface area (Å²) in [6.07, 6.45) is 3.99. The number of hydrogen-bond acceptors (Lipinski definition) is 2. The Morgan fingerprint density at radius 3 is 3.11 bits per heavy atom. The van der Waals surface area contributed by atoms with E-state index in [1.54, 1.807) is 16.8 Å². The van der Waals surface area contributed by atoms with Crippen molar-refractivity contribution in [3.63, 3.8) is 0 Å². The Hall–Kier alpha value is -1.02. The largest absolute Gasteiger partial charge is 0.367 e. The Bertz CT molecular complexity index is 468. The molecule has 0 spiro atoms. The van der Waals surface area contributed by atoms with E-state index in [0.717, 1.165) is 12.0 Å². The zero-order chi connectivity index (χ0) is 12.1.